The normalized spacial score (nSPS) is 16.1. The minimum Gasteiger partial charge on any atom is -0.338 e. The first-order chi connectivity index (χ1) is 9.47. The fourth-order valence-electron chi connectivity index (χ4n) is 2.07. The highest BCUT2D eigenvalue weighted by Gasteiger charge is 2.20. The molecular weight excluding hydrogens is 338 g/mol. The van der Waals surface area contributed by atoms with Gasteiger partial charge < -0.3 is 9.80 Å². The average Bonchev–Trinajstić information content (AvgIpc) is 2.42. The maximum Gasteiger partial charge on any atom is 0.257 e. The number of hydrogen-bond donors (Lipinski definition) is 2. The Hall–Kier alpha value is -0.980. The Balaban J connectivity index is 1.97. The van der Waals surface area contributed by atoms with Gasteiger partial charge in [-0.1, -0.05) is 22.0 Å². The number of rotatable bonds is 1. The molecule has 0 aromatic heterocycles. The number of quaternary nitrogens is 1. The lowest BCUT2D eigenvalue weighted by molar-refractivity contribution is -0.883. The third-order valence-corrected chi connectivity index (χ3v) is 4.77. The molecule has 1 aliphatic rings. The maximum atomic E-state index is 12.2. The Labute approximate surface area is 133 Å². The Morgan fingerprint density at radius 1 is 1.40 bits per heavy atom. The number of nitrogens with zero attached hydrogens (tertiary/aromatic N) is 1. The number of thiocarbonyl (C=S) groups is 1. The third kappa shape index (κ3) is 3.77. The minimum absolute atomic E-state index is 0.151. The van der Waals surface area contributed by atoms with Crippen LogP contribution in [-0.2, 0) is 0 Å². The Kier molecular flexibility index (Phi) is 5.12. The monoisotopic (exact) mass is 356 g/mol. The van der Waals surface area contributed by atoms with E-state index in [0.29, 0.717) is 10.7 Å². The van der Waals surface area contributed by atoms with Crippen LogP contribution in [0.3, 0.4) is 0 Å². The van der Waals surface area contributed by atoms with E-state index in [4.69, 9.17) is 12.2 Å². The van der Waals surface area contributed by atoms with Crippen molar-refractivity contribution in [1.29, 1.82) is 0 Å². The van der Waals surface area contributed by atoms with Crippen LogP contribution in [0.15, 0.2) is 22.7 Å². The molecular formula is C14H19BrN3OS+. The molecule has 1 aromatic rings. The van der Waals surface area contributed by atoms with Gasteiger partial charge in [0.05, 0.1) is 33.2 Å². The molecule has 0 bridgehead atoms. The highest BCUT2D eigenvalue weighted by Crippen LogP contribution is 2.17. The number of benzene rings is 1. The van der Waals surface area contributed by atoms with E-state index >= 15 is 0 Å². The first-order valence-electron chi connectivity index (χ1n) is 6.65. The zero-order valence-corrected chi connectivity index (χ0v) is 14.1. The number of piperazine rings is 1. The molecule has 0 spiro atoms. The molecule has 0 atom stereocenters. The number of carbonyl (C=O) groups excluding carboxylic acids is 1. The quantitative estimate of drug-likeness (QED) is 0.723. The lowest BCUT2D eigenvalue weighted by Crippen LogP contribution is -3.12. The van der Waals surface area contributed by atoms with Gasteiger partial charge in [-0.05, 0) is 36.8 Å². The van der Waals surface area contributed by atoms with Gasteiger partial charge >= 0.3 is 0 Å². The van der Waals surface area contributed by atoms with Crippen molar-refractivity contribution >= 4 is 39.2 Å². The van der Waals surface area contributed by atoms with Gasteiger partial charge in [-0.3, -0.25) is 10.1 Å². The second kappa shape index (κ2) is 6.65. The van der Waals surface area contributed by atoms with Gasteiger partial charge in [0.15, 0.2) is 5.11 Å². The molecule has 4 nitrogen and oxygen atoms in total. The van der Waals surface area contributed by atoms with Crippen molar-refractivity contribution in [1.82, 2.24) is 10.2 Å². The Morgan fingerprint density at radius 2 is 2.05 bits per heavy atom. The number of aryl methyl sites for hydroxylation is 1. The minimum atomic E-state index is -0.151. The second-order valence-corrected chi connectivity index (χ2v) is 6.41. The molecule has 1 fully saturated rings. The molecule has 2 N–H and O–H groups in total. The summed E-state index contributed by atoms with van der Waals surface area (Å²) in [4.78, 5) is 15.7. The van der Waals surface area contributed by atoms with Gasteiger partial charge in [0.25, 0.3) is 5.91 Å². The van der Waals surface area contributed by atoms with Crippen molar-refractivity contribution in [2.24, 2.45) is 0 Å². The number of nitrogens with one attached hydrogen (secondary N) is 2. The molecule has 6 heteroatoms. The topological polar surface area (TPSA) is 36.8 Å². The lowest BCUT2D eigenvalue weighted by atomic mass is 10.1. The average molecular weight is 357 g/mol. The standard InChI is InChI=1S/C14H18BrN3OS/c1-10-3-4-11(9-12(10)15)13(19)16-14(20)18-7-5-17(2)6-8-18/h3-4,9H,5-8H2,1-2H3,(H,16,19,20)/p+1. The number of likely N-dealkylation sites (N-methyl/N-ethyl adjacent to an activating group) is 1. The Morgan fingerprint density at radius 3 is 2.65 bits per heavy atom. The van der Waals surface area contributed by atoms with E-state index in [0.717, 1.165) is 36.2 Å². The lowest BCUT2D eigenvalue weighted by Gasteiger charge is -2.31. The summed E-state index contributed by atoms with van der Waals surface area (Å²) in [5.74, 6) is -0.151. The van der Waals surface area contributed by atoms with E-state index in [-0.39, 0.29) is 5.91 Å². The zero-order chi connectivity index (χ0) is 14.7. The molecule has 0 unspecified atom stereocenters. The second-order valence-electron chi connectivity index (χ2n) is 5.17. The van der Waals surface area contributed by atoms with Gasteiger partial charge in [0.1, 0.15) is 0 Å². The fraction of sp³-hybridized carbons (Fsp3) is 0.429. The van der Waals surface area contributed by atoms with Crippen LogP contribution in [0.2, 0.25) is 0 Å². The first kappa shape index (κ1) is 15.4. The maximum absolute atomic E-state index is 12.2. The summed E-state index contributed by atoms with van der Waals surface area (Å²) in [6.07, 6.45) is 0. The van der Waals surface area contributed by atoms with Crippen molar-refractivity contribution in [2.75, 3.05) is 33.2 Å². The number of amides is 1. The molecule has 1 heterocycles. The van der Waals surface area contributed by atoms with Crippen LogP contribution in [0.25, 0.3) is 0 Å². The van der Waals surface area contributed by atoms with Crippen molar-refractivity contribution < 1.29 is 9.69 Å². The highest BCUT2D eigenvalue weighted by atomic mass is 79.9. The van der Waals surface area contributed by atoms with E-state index < -0.39 is 0 Å². The predicted octanol–water partition coefficient (Wildman–Crippen LogP) is 0.603. The fourth-order valence-corrected chi connectivity index (χ4v) is 2.73. The van der Waals surface area contributed by atoms with Crippen LogP contribution in [0, 0.1) is 6.92 Å². The van der Waals surface area contributed by atoms with E-state index in [9.17, 15) is 4.79 Å². The molecule has 20 heavy (non-hydrogen) atoms. The van der Waals surface area contributed by atoms with E-state index in [1.165, 1.54) is 4.90 Å². The number of halogens is 1. The summed E-state index contributed by atoms with van der Waals surface area (Å²) < 4.78 is 0.930. The molecule has 1 aliphatic heterocycles. The van der Waals surface area contributed by atoms with E-state index in [1.54, 1.807) is 0 Å². The van der Waals surface area contributed by atoms with Crippen LogP contribution >= 0.6 is 28.1 Å². The Bertz CT molecular complexity index is 527. The molecule has 1 saturated heterocycles. The summed E-state index contributed by atoms with van der Waals surface area (Å²) in [6, 6.07) is 5.55. The first-order valence-corrected chi connectivity index (χ1v) is 7.85. The largest absolute Gasteiger partial charge is 0.338 e. The molecule has 0 aliphatic carbocycles. The summed E-state index contributed by atoms with van der Waals surface area (Å²) in [6.45, 7) is 5.87. The molecule has 108 valence electrons. The molecule has 0 saturated carbocycles. The third-order valence-electron chi connectivity index (χ3n) is 3.56. The van der Waals surface area contributed by atoms with Crippen LogP contribution < -0.4 is 10.2 Å². The number of hydrogen-bond acceptors (Lipinski definition) is 2. The summed E-state index contributed by atoms with van der Waals surface area (Å²) in [7, 11) is 2.17. The van der Waals surface area contributed by atoms with Crippen molar-refractivity contribution in [3.63, 3.8) is 0 Å². The molecule has 0 radical (unpaired) electrons. The van der Waals surface area contributed by atoms with Crippen molar-refractivity contribution in [2.45, 2.75) is 6.92 Å². The van der Waals surface area contributed by atoms with Crippen LogP contribution in [0.1, 0.15) is 15.9 Å². The van der Waals surface area contributed by atoms with Gasteiger partial charge in [-0.15, -0.1) is 0 Å². The SMILES string of the molecule is Cc1ccc(C(=O)NC(=S)N2CC[NH+](C)CC2)cc1Br. The van der Waals surface area contributed by atoms with E-state index in [1.807, 2.05) is 25.1 Å². The number of carbonyl (C=O) groups is 1. The van der Waals surface area contributed by atoms with E-state index in [2.05, 4.69) is 33.2 Å². The van der Waals surface area contributed by atoms with Crippen LogP contribution in [0.4, 0.5) is 0 Å². The van der Waals surface area contributed by atoms with Gasteiger partial charge in [-0.2, -0.15) is 0 Å². The zero-order valence-electron chi connectivity index (χ0n) is 11.7. The molecule has 2 rings (SSSR count). The summed E-state index contributed by atoms with van der Waals surface area (Å²) >= 11 is 8.76. The van der Waals surface area contributed by atoms with Crippen LogP contribution in [-0.4, -0.2) is 49.1 Å². The summed E-state index contributed by atoms with van der Waals surface area (Å²) in [5, 5.41) is 3.34. The molecule has 1 amide bonds. The predicted molar refractivity (Wildman–Crippen MR) is 87.1 cm³/mol. The van der Waals surface area contributed by atoms with Crippen molar-refractivity contribution in [3.05, 3.63) is 33.8 Å². The smallest absolute Gasteiger partial charge is 0.257 e. The van der Waals surface area contributed by atoms with Crippen LogP contribution in [0.5, 0.6) is 0 Å². The highest BCUT2D eigenvalue weighted by molar-refractivity contribution is 9.10. The van der Waals surface area contributed by atoms with Gasteiger partial charge in [0.2, 0.25) is 0 Å². The van der Waals surface area contributed by atoms with Gasteiger partial charge in [-0.25, -0.2) is 0 Å². The van der Waals surface area contributed by atoms with Gasteiger partial charge in [0, 0.05) is 10.0 Å². The molecule has 1 aromatic carbocycles. The summed E-state index contributed by atoms with van der Waals surface area (Å²) in [5.41, 5.74) is 1.72. The van der Waals surface area contributed by atoms with Crippen molar-refractivity contribution in [3.8, 4) is 0 Å².